The zero-order chi connectivity index (χ0) is 13.9. The number of hydrogen-bond acceptors (Lipinski definition) is 3. The Morgan fingerprint density at radius 1 is 1.56 bits per heavy atom. The van der Waals surface area contributed by atoms with E-state index in [0.29, 0.717) is 6.04 Å². The number of methoxy groups -OCH3 is 1. The summed E-state index contributed by atoms with van der Waals surface area (Å²) in [5, 5.41) is 9.12. The number of nitrogens with zero attached hydrogens (tertiary/aromatic N) is 1. The third-order valence-corrected chi connectivity index (χ3v) is 4.22. The Hall–Kier alpha value is -0.610. The van der Waals surface area contributed by atoms with Crippen molar-refractivity contribution in [2.75, 3.05) is 20.2 Å². The first-order valence-corrected chi connectivity index (χ1v) is 6.79. The minimum Gasteiger partial charge on any atom is -0.481 e. The van der Waals surface area contributed by atoms with Crippen molar-refractivity contribution in [3.8, 4) is 0 Å². The van der Waals surface area contributed by atoms with E-state index in [1.54, 1.807) is 7.11 Å². The smallest absolute Gasteiger partial charge is 0.306 e. The van der Waals surface area contributed by atoms with Gasteiger partial charge in [-0.15, -0.1) is 0 Å². The zero-order valence-corrected chi connectivity index (χ0v) is 12.3. The summed E-state index contributed by atoms with van der Waals surface area (Å²) in [4.78, 5) is 13.5. The quantitative estimate of drug-likeness (QED) is 0.820. The fourth-order valence-corrected chi connectivity index (χ4v) is 2.87. The SMILES string of the molecule is COC(C)(C)CC(C)N1CCC(C(=O)O)C(C)C1. The lowest BCUT2D eigenvalue weighted by Crippen LogP contribution is -2.48. The molecule has 4 nitrogen and oxygen atoms in total. The van der Waals surface area contributed by atoms with Gasteiger partial charge in [0.25, 0.3) is 0 Å². The molecule has 1 heterocycles. The Kier molecular flexibility index (Phi) is 5.17. The second-order valence-electron chi connectivity index (χ2n) is 6.22. The summed E-state index contributed by atoms with van der Waals surface area (Å²) in [6.07, 6.45) is 1.72. The van der Waals surface area contributed by atoms with Crippen molar-refractivity contribution < 1.29 is 14.6 Å². The van der Waals surface area contributed by atoms with Crippen LogP contribution in [0.25, 0.3) is 0 Å². The summed E-state index contributed by atoms with van der Waals surface area (Å²) in [6, 6.07) is 0.428. The van der Waals surface area contributed by atoms with E-state index >= 15 is 0 Å². The Bertz CT molecular complexity index is 291. The highest BCUT2D eigenvalue weighted by molar-refractivity contribution is 5.70. The second-order valence-corrected chi connectivity index (χ2v) is 6.22. The molecule has 4 heteroatoms. The number of carboxylic acids is 1. The van der Waals surface area contributed by atoms with Crippen LogP contribution >= 0.6 is 0 Å². The Morgan fingerprint density at radius 2 is 2.17 bits per heavy atom. The first-order chi connectivity index (χ1) is 8.26. The maximum Gasteiger partial charge on any atom is 0.306 e. The molecule has 1 aliphatic heterocycles. The number of likely N-dealkylation sites (tertiary alicyclic amines) is 1. The molecule has 0 aliphatic carbocycles. The summed E-state index contributed by atoms with van der Waals surface area (Å²) in [5.74, 6) is -0.597. The van der Waals surface area contributed by atoms with Gasteiger partial charge in [0, 0.05) is 19.7 Å². The van der Waals surface area contributed by atoms with Crippen LogP contribution in [0.3, 0.4) is 0 Å². The maximum atomic E-state index is 11.1. The molecule has 18 heavy (non-hydrogen) atoms. The molecule has 0 aromatic carbocycles. The van der Waals surface area contributed by atoms with Gasteiger partial charge in [0.15, 0.2) is 0 Å². The summed E-state index contributed by atoms with van der Waals surface area (Å²) in [7, 11) is 1.74. The van der Waals surface area contributed by atoms with E-state index in [-0.39, 0.29) is 17.4 Å². The molecular weight excluding hydrogens is 230 g/mol. The van der Waals surface area contributed by atoms with Crippen LogP contribution in [0.5, 0.6) is 0 Å². The Morgan fingerprint density at radius 3 is 2.61 bits per heavy atom. The predicted molar refractivity (Wildman–Crippen MR) is 71.6 cm³/mol. The molecule has 0 aromatic rings. The van der Waals surface area contributed by atoms with Gasteiger partial charge in [-0.2, -0.15) is 0 Å². The first-order valence-electron chi connectivity index (χ1n) is 6.79. The van der Waals surface area contributed by atoms with Gasteiger partial charge >= 0.3 is 5.97 Å². The number of piperidine rings is 1. The van der Waals surface area contributed by atoms with Gasteiger partial charge in [-0.25, -0.2) is 0 Å². The standard InChI is InChI=1S/C14H27NO3/c1-10-9-15(7-6-12(10)13(16)17)11(2)8-14(3,4)18-5/h10-12H,6-9H2,1-5H3,(H,16,17). The van der Waals surface area contributed by atoms with Gasteiger partial charge < -0.3 is 14.7 Å². The molecule has 106 valence electrons. The molecule has 1 rings (SSSR count). The van der Waals surface area contributed by atoms with Crippen molar-refractivity contribution in [1.82, 2.24) is 4.90 Å². The van der Waals surface area contributed by atoms with Crippen LogP contribution in [0.4, 0.5) is 0 Å². The molecule has 1 N–H and O–H groups in total. The van der Waals surface area contributed by atoms with Crippen molar-refractivity contribution in [3.63, 3.8) is 0 Å². The molecule has 0 spiro atoms. The van der Waals surface area contributed by atoms with Gasteiger partial charge in [-0.1, -0.05) is 6.92 Å². The van der Waals surface area contributed by atoms with Crippen LogP contribution in [-0.2, 0) is 9.53 Å². The van der Waals surface area contributed by atoms with Gasteiger partial charge in [0.1, 0.15) is 0 Å². The number of carbonyl (C=O) groups is 1. The van der Waals surface area contributed by atoms with Crippen molar-refractivity contribution in [2.24, 2.45) is 11.8 Å². The van der Waals surface area contributed by atoms with Crippen molar-refractivity contribution >= 4 is 5.97 Å². The van der Waals surface area contributed by atoms with E-state index < -0.39 is 5.97 Å². The van der Waals surface area contributed by atoms with E-state index in [2.05, 4.69) is 25.7 Å². The van der Waals surface area contributed by atoms with Gasteiger partial charge in [0.05, 0.1) is 11.5 Å². The fraction of sp³-hybridized carbons (Fsp3) is 0.929. The van der Waals surface area contributed by atoms with Crippen LogP contribution in [0.15, 0.2) is 0 Å². The predicted octanol–water partition coefficient (Wildman–Crippen LogP) is 2.23. The monoisotopic (exact) mass is 257 g/mol. The van der Waals surface area contributed by atoms with E-state index in [0.717, 1.165) is 25.9 Å². The third kappa shape index (κ3) is 3.95. The Balaban J connectivity index is 2.53. The minimum atomic E-state index is -0.646. The van der Waals surface area contributed by atoms with Gasteiger partial charge in [0.2, 0.25) is 0 Å². The lowest BCUT2D eigenvalue weighted by molar-refractivity contribution is -0.145. The highest BCUT2D eigenvalue weighted by Gasteiger charge is 2.34. The summed E-state index contributed by atoms with van der Waals surface area (Å²) in [6.45, 7) is 10.2. The lowest BCUT2D eigenvalue weighted by Gasteiger charge is -2.40. The van der Waals surface area contributed by atoms with Crippen LogP contribution < -0.4 is 0 Å². The zero-order valence-electron chi connectivity index (χ0n) is 12.3. The molecule has 3 unspecified atom stereocenters. The van der Waals surface area contributed by atoms with Gasteiger partial charge in [-0.3, -0.25) is 4.79 Å². The number of carboxylic acid groups (broad SMARTS) is 1. The van der Waals surface area contributed by atoms with Crippen LogP contribution in [0.2, 0.25) is 0 Å². The summed E-state index contributed by atoms with van der Waals surface area (Å²) < 4.78 is 5.46. The molecule has 3 atom stereocenters. The second kappa shape index (κ2) is 6.02. The van der Waals surface area contributed by atoms with Crippen molar-refractivity contribution in [3.05, 3.63) is 0 Å². The fourth-order valence-electron chi connectivity index (χ4n) is 2.87. The molecule has 1 saturated heterocycles. The molecule has 0 aromatic heterocycles. The topological polar surface area (TPSA) is 49.8 Å². The highest BCUT2D eigenvalue weighted by atomic mass is 16.5. The van der Waals surface area contributed by atoms with Crippen LogP contribution in [-0.4, -0.2) is 47.8 Å². The van der Waals surface area contributed by atoms with Gasteiger partial charge in [-0.05, 0) is 46.1 Å². The highest BCUT2D eigenvalue weighted by Crippen LogP contribution is 2.27. The van der Waals surface area contributed by atoms with Crippen LogP contribution in [0, 0.1) is 11.8 Å². The average Bonchev–Trinajstić information content (AvgIpc) is 2.27. The molecule has 1 fully saturated rings. The van der Waals surface area contributed by atoms with E-state index in [1.165, 1.54) is 0 Å². The van der Waals surface area contributed by atoms with Crippen molar-refractivity contribution in [2.45, 2.75) is 52.2 Å². The average molecular weight is 257 g/mol. The lowest BCUT2D eigenvalue weighted by atomic mass is 9.85. The van der Waals surface area contributed by atoms with E-state index in [4.69, 9.17) is 9.84 Å². The molecule has 0 bridgehead atoms. The number of hydrogen-bond donors (Lipinski definition) is 1. The minimum absolute atomic E-state index is 0.119. The third-order valence-electron chi connectivity index (χ3n) is 4.22. The Labute approximate surface area is 110 Å². The normalized spacial score (nSPS) is 28.1. The number of aliphatic carboxylic acids is 1. The number of rotatable bonds is 5. The molecule has 1 aliphatic rings. The van der Waals surface area contributed by atoms with E-state index in [1.807, 2.05) is 6.92 Å². The molecular formula is C14H27NO3. The van der Waals surface area contributed by atoms with Crippen LogP contribution in [0.1, 0.15) is 40.5 Å². The largest absolute Gasteiger partial charge is 0.481 e. The summed E-state index contributed by atoms with van der Waals surface area (Å²) >= 11 is 0. The molecule has 0 saturated carbocycles. The number of ether oxygens (including phenoxy) is 1. The molecule has 0 amide bonds. The summed E-state index contributed by atoms with van der Waals surface area (Å²) in [5.41, 5.74) is -0.119. The first kappa shape index (κ1) is 15.4. The maximum absolute atomic E-state index is 11.1. The van der Waals surface area contributed by atoms with Crippen molar-refractivity contribution in [1.29, 1.82) is 0 Å². The van der Waals surface area contributed by atoms with E-state index in [9.17, 15) is 4.79 Å². The molecule has 0 radical (unpaired) electrons.